The van der Waals surface area contributed by atoms with E-state index in [2.05, 4.69) is 4.52 Å². The van der Waals surface area contributed by atoms with Crippen LogP contribution < -0.4 is 10.3 Å². The van der Waals surface area contributed by atoms with Crippen LogP contribution in [0.5, 0.6) is 0 Å². The molecular formula is C4H3NO3. The van der Waals surface area contributed by atoms with Crippen LogP contribution in [0.3, 0.4) is 0 Å². The molecule has 0 aliphatic carbocycles. The topological polar surface area (TPSA) is 57.2 Å². The molecule has 0 spiro atoms. The molecular weight excluding hydrogens is 110 g/mol. The van der Waals surface area contributed by atoms with Crippen molar-refractivity contribution in [2.45, 2.75) is 0 Å². The van der Waals surface area contributed by atoms with Crippen molar-refractivity contribution in [3.8, 4) is 0 Å². The lowest BCUT2D eigenvalue weighted by atomic mass is 10.6. The lowest BCUT2D eigenvalue weighted by molar-refractivity contribution is -0.799. The van der Waals surface area contributed by atoms with Crippen molar-refractivity contribution in [2.24, 2.45) is 0 Å². The predicted molar refractivity (Wildman–Crippen MR) is 23.9 cm³/mol. The van der Waals surface area contributed by atoms with E-state index in [-0.39, 0.29) is 10.3 Å². The Morgan fingerprint density at radius 3 is 2.88 bits per heavy atom. The first-order valence-corrected chi connectivity index (χ1v) is 1.97. The normalized spacial score (nSPS) is 9.00. The largest absolute Gasteiger partial charge is 0.375 e. The van der Waals surface area contributed by atoms with Crippen LogP contribution >= 0.6 is 0 Å². The summed E-state index contributed by atoms with van der Waals surface area (Å²) in [7, 11) is 0. The average molecular weight is 113 g/mol. The molecule has 0 unspecified atom stereocenters. The Kier molecular flexibility index (Phi) is 0.997. The minimum absolute atomic E-state index is 0.0995. The summed E-state index contributed by atoms with van der Waals surface area (Å²) in [6.45, 7) is 0. The van der Waals surface area contributed by atoms with Gasteiger partial charge in [-0.05, 0) is 0 Å². The molecule has 42 valence electrons. The molecule has 0 saturated carbocycles. The molecule has 0 fully saturated rings. The maximum atomic E-state index is 10.2. The highest BCUT2D eigenvalue weighted by atomic mass is 16.7. The van der Waals surface area contributed by atoms with Gasteiger partial charge in [0.05, 0.1) is 0 Å². The SMILES string of the molecule is O=c1cco[n+]([O-])c1. The van der Waals surface area contributed by atoms with Crippen LogP contribution in [0.25, 0.3) is 0 Å². The molecule has 0 aliphatic heterocycles. The molecule has 4 nitrogen and oxygen atoms in total. The lowest BCUT2D eigenvalue weighted by Crippen LogP contribution is -2.28. The van der Waals surface area contributed by atoms with Crippen LogP contribution in [0, 0.1) is 5.21 Å². The third-order valence-corrected chi connectivity index (χ3v) is 0.630. The molecule has 0 aliphatic rings. The Morgan fingerprint density at radius 1 is 1.75 bits per heavy atom. The van der Waals surface area contributed by atoms with Gasteiger partial charge in [-0.2, -0.15) is 0 Å². The summed E-state index contributed by atoms with van der Waals surface area (Å²) >= 11 is 0. The molecule has 8 heavy (non-hydrogen) atoms. The van der Waals surface area contributed by atoms with E-state index in [0.29, 0.717) is 0 Å². The van der Waals surface area contributed by atoms with Crippen LogP contribution in [0.15, 0.2) is 27.8 Å². The molecule has 0 amide bonds. The number of nitrogens with zero attached hydrogens (tertiary/aromatic N) is 1. The minimum Gasteiger partial charge on any atom is -0.375 e. The molecule has 0 radical (unpaired) electrons. The van der Waals surface area contributed by atoms with Gasteiger partial charge in [-0.25, -0.2) is 0 Å². The molecule has 0 atom stereocenters. The summed E-state index contributed by atoms with van der Waals surface area (Å²) in [5, 5.41) is 10.0. The van der Waals surface area contributed by atoms with Gasteiger partial charge in [0.1, 0.15) is 0 Å². The first kappa shape index (κ1) is 4.83. The first-order valence-electron chi connectivity index (χ1n) is 1.97. The molecule has 1 aromatic heterocycles. The second-order valence-corrected chi connectivity index (χ2v) is 1.22. The van der Waals surface area contributed by atoms with Crippen molar-refractivity contribution in [3.05, 3.63) is 34.0 Å². The van der Waals surface area contributed by atoms with E-state index in [1.165, 1.54) is 0 Å². The highest BCUT2D eigenvalue weighted by Gasteiger charge is 1.86. The van der Waals surface area contributed by atoms with E-state index >= 15 is 0 Å². The second-order valence-electron chi connectivity index (χ2n) is 1.22. The van der Waals surface area contributed by atoms with Crippen LogP contribution in [0.4, 0.5) is 0 Å². The predicted octanol–water partition coefficient (Wildman–Crippen LogP) is -0.727. The quantitative estimate of drug-likeness (QED) is 0.417. The summed E-state index contributed by atoms with van der Waals surface area (Å²) in [6, 6.07) is 1.16. The maximum absolute atomic E-state index is 10.2. The monoisotopic (exact) mass is 113 g/mol. The van der Waals surface area contributed by atoms with Gasteiger partial charge in [0.25, 0.3) is 6.20 Å². The number of hydrogen-bond donors (Lipinski definition) is 0. The fourth-order valence-electron chi connectivity index (χ4n) is 0.335. The summed E-state index contributed by atoms with van der Waals surface area (Å²) < 4.78 is 4.17. The fourth-order valence-corrected chi connectivity index (χ4v) is 0.335. The molecule has 0 saturated heterocycles. The van der Waals surface area contributed by atoms with Gasteiger partial charge in [-0.1, -0.05) is 0 Å². The van der Waals surface area contributed by atoms with Gasteiger partial charge in [-0.3, -0.25) is 10.0 Å². The van der Waals surface area contributed by atoms with Gasteiger partial charge < -0.3 is 4.52 Å². The zero-order chi connectivity index (χ0) is 5.98. The van der Waals surface area contributed by atoms with E-state index in [1.54, 1.807) is 0 Å². The zero-order valence-corrected chi connectivity index (χ0v) is 3.90. The zero-order valence-electron chi connectivity index (χ0n) is 3.90. The molecule has 0 N–H and O–H groups in total. The molecule has 0 bridgehead atoms. The van der Waals surface area contributed by atoms with E-state index in [0.717, 1.165) is 18.5 Å². The Labute approximate surface area is 44.5 Å². The Bertz CT molecular complexity index is 229. The number of rotatable bonds is 0. The van der Waals surface area contributed by atoms with Gasteiger partial charge in [0.2, 0.25) is 5.43 Å². The summed E-state index contributed by atoms with van der Waals surface area (Å²) in [4.78, 5) is 10.3. The average Bonchev–Trinajstić information content (AvgIpc) is 1.64. The van der Waals surface area contributed by atoms with Crippen molar-refractivity contribution >= 4 is 0 Å². The minimum atomic E-state index is -0.355. The van der Waals surface area contributed by atoms with Crippen molar-refractivity contribution in [3.63, 3.8) is 0 Å². The third kappa shape index (κ3) is 0.841. The van der Waals surface area contributed by atoms with E-state index in [4.69, 9.17) is 0 Å². The van der Waals surface area contributed by atoms with Crippen LogP contribution in [-0.4, -0.2) is 0 Å². The van der Waals surface area contributed by atoms with E-state index in [1.807, 2.05) is 0 Å². The highest BCUT2D eigenvalue weighted by Crippen LogP contribution is 1.63. The molecule has 4 heteroatoms. The number of hydrogen-bond acceptors (Lipinski definition) is 3. The summed E-state index contributed by atoms with van der Waals surface area (Å²) in [5.74, 6) is 0. The lowest BCUT2D eigenvalue weighted by Gasteiger charge is -1.82. The van der Waals surface area contributed by atoms with Crippen LogP contribution in [0.2, 0.25) is 0 Å². The van der Waals surface area contributed by atoms with Crippen LogP contribution in [-0.2, 0) is 0 Å². The number of aromatic nitrogens is 1. The highest BCUT2D eigenvalue weighted by molar-refractivity contribution is 4.77. The molecule has 0 aromatic carbocycles. The van der Waals surface area contributed by atoms with Crippen molar-refractivity contribution in [2.75, 3.05) is 0 Å². The molecule has 1 rings (SSSR count). The standard InChI is InChI=1S/C4H3NO3/c6-4-1-2-8-5(7)3-4/h1-3H. The van der Waals surface area contributed by atoms with Gasteiger partial charge >= 0.3 is 0 Å². The van der Waals surface area contributed by atoms with Crippen molar-refractivity contribution in [1.82, 2.24) is 0 Å². The van der Waals surface area contributed by atoms with Gasteiger partial charge in [-0.15, -0.1) is 0 Å². The van der Waals surface area contributed by atoms with Gasteiger partial charge in [0.15, 0.2) is 0 Å². The fraction of sp³-hybridized carbons (Fsp3) is 0. The smallest absolute Gasteiger partial charge is 0.280 e. The van der Waals surface area contributed by atoms with Gasteiger partial charge in [0, 0.05) is 17.2 Å². The van der Waals surface area contributed by atoms with E-state index in [9.17, 15) is 10.0 Å². The molecule has 1 heterocycles. The molecule has 1 aromatic rings. The Balaban J connectivity index is 3.28. The Hall–Kier alpha value is -1.32. The van der Waals surface area contributed by atoms with E-state index < -0.39 is 0 Å². The Morgan fingerprint density at radius 2 is 2.50 bits per heavy atom. The van der Waals surface area contributed by atoms with Crippen molar-refractivity contribution < 1.29 is 9.43 Å². The second kappa shape index (κ2) is 1.65. The first-order chi connectivity index (χ1) is 3.79. The maximum Gasteiger partial charge on any atom is 0.280 e. The summed E-state index contributed by atoms with van der Waals surface area (Å²) in [5.41, 5.74) is -0.355. The summed E-state index contributed by atoms with van der Waals surface area (Å²) in [6.07, 6.45) is 1.84. The third-order valence-electron chi connectivity index (χ3n) is 0.630. The van der Waals surface area contributed by atoms with Crippen LogP contribution in [0.1, 0.15) is 0 Å². The van der Waals surface area contributed by atoms with Crippen molar-refractivity contribution in [1.29, 1.82) is 0 Å².